The minimum Gasteiger partial charge on any atom is -0.342 e. The van der Waals surface area contributed by atoms with Gasteiger partial charge in [-0.2, -0.15) is 4.31 Å². The maximum atomic E-state index is 13.1. The highest BCUT2D eigenvalue weighted by Gasteiger charge is 2.34. The smallest absolute Gasteiger partial charge is 0.243 e. The summed E-state index contributed by atoms with van der Waals surface area (Å²) in [6.45, 7) is 2.42. The van der Waals surface area contributed by atoms with Gasteiger partial charge in [0.25, 0.3) is 0 Å². The molecular weight excluding hydrogens is 378 g/mol. The van der Waals surface area contributed by atoms with Crippen LogP contribution in [0.15, 0.2) is 23.1 Å². The van der Waals surface area contributed by atoms with E-state index in [0.717, 1.165) is 31.5 Å². The van der Waals surface area contributed by atoms with Crippen LogP contribution in [0.25, 0.3) is 0 Å². The van der Waals surface area contributed by atoms with Gasteiger partial charge in [0, 0.05) is 44.2 Å². The number of piperidine rings is 1. The molecule has 1 N–H and O–H groups in total. The zero-order valence-electron chi connectivity index (χ0n) is 16.0. The Bertz CT molecular complexity index is 869. The average molecular weight is 406 g/mol. The van der Waals surface area contributed by atoms with Crippen LogP contribution in [0.4, 0.5) is 5.69 Å². The van der Waals surface area contributed by atoms with Crippen molar-refractivity contribution in [1.82, 2.24) is 9.21 Å². The maximum Gasteiger partial charge on any atom is 0.243 e. The van der Waals surface area contributed by atoms with Crippen LogP contribution in [-0.2, 0) is 26.0 Å². The fraction of sp³-hybridized carbons (Fsp3) is 0.600. The van der Waals surface area contributed by atoms with E-state index in [1.807, 2.05) is 4.90 Å². The molecule has 0 bridgehead atoms. The second-order valence-electron chi connectivity index (χ2n) is 7.93. The predicted octanol–water partition coefficient (Wildman–Crippen LogP) is 1.98. The second kappa shape index (κ2) is 7.83. The molecule has 2 saturated heterocycles. The number of aryl methyl sites for hydroxylation is 1. The summed E-state index contributed by atoms with van der Waals surface area (Å²) in [5.41, 5.74) is 1.57. The molecule has 3 aliphatic rings. The summed E-state index contributed by atoms with van der Waals surface area (Å²) in [7, 11) is -3.59. The molecule has 0 saturated carbocycles. The number of amides is 2. The van der Waals surface area contributed by atoms with Crippen molar-refractivity contribution in [2.24, 2.45) is 5.92 Å². The van der Waals surface area contributed by atoms with Crippen LogP contribution < -0.4 is 5.32 Å². The highest BCUT2D eigenvalue weighted by atomic mass is 32.2. The summed E-state index contributed by atoms with van der Waals surface area (Å²) in [6.07, 6.45) is 5.14. The Kier molecular flexibility index (Phi) is 5.42. The number of nitrogens with one attached hydrogen (secondary N) is 1. The number of anilines is 1. The molecule has 2 amide bonds. The molecule has 0 aliphatic carbocycles. The van der Waals surface area contributed by atoms with E-state index in [2.05, 4.69) is 5.32 Å². The molecule has 0 spiro atoms. The van der Waals surface area contributed by atoms with E-state index in [1.54, 1.807) is 18.2 Å². The number of rotatable bonds is 3. The standard InChI is InChI=1S/C20H27N3O4S/c24-19-5-3-4-16-14-17(6-7-18(16)21-19)28(26,27)23-12-8-15(9-13-23)20(25)22-10-1-2-11-22/h6-7,14-15H,1-5,8-13H2,(H,21,24). The first-order valence-electron chi connectivity index (χ1n) is 10.2. The first kappa shape index (κ1) is 19.4. The summed E-state index contributed by atoms with van der Waals surface area (Å²) in [5.74, 6) is 0.0984. The number of nitrogens with zero attached hydrogens (tertiary/aromatic N) is 2. The van der Waals surface area contributed by atoms with E-state index < -0.39 is 10.0 Å². The Morgan fingerprint density at radius 2 is 1.71 bits per heavy atom. The SMILES string of the molecule is O=C1CCCc2cc(S(=O)(=O)N3CCC(C(=O)N4CCCC4)CC3)ccc2N1. The van der Waals surface area contributed by atoms with Crippen molar-refractivity contribution in [3.63, 3.8) is 0 Å². The molecule has 8 heteroatoms. The highest BCUT2D eigenvalue weighted by Crippen LogP contribution is 2.29. The Hall–Kier alpha value is -1.93. The van der Waals surface area contributed by atoms with E-state index >= 15 is 0 Å². The number of likely N-dealkylation sites (tertiary alicyclic amines) is 1. The van der Waals surface area contributed by atoms with Crippen LogP contribution in [0, 0.1) is 5.92 Å². The molecule has 2 fully saturated rings. The van der Waals surface area contributed by atoms with Crippen molar-refractivity contribution in [1.29, 1.82) is 0 Å². The van der Waals surface area contributed by atoms with Gasteiger partial charge < -0.3 is 10.2 Å². The average Bonchev–Trinajstić information content (AvgIpc) is 3.16. The van der Waals surface area contributed by atoms with Crippen LogP contribution in [0.1, 0.15) is 44.1 Å². The lowest BCUT2D eigenvalue weighted by molar-refractivity contribution is -0.135. The first-order valence-corrected chi connectivity index (χ1v) is 11.6. The molecule has 1 aromatic carbocycles. The molecule has 0 atom stereocenters. The van der Waals surface area contributed by atoms with E-state index in [4.69, 9.17) is 0 Å². The van der Waals surface area contributed by atoms with Crippen LogP contribution in [0.2, 0.25) is 0 Å². The third-order valence-electron chi connectivity index (χ3n) is 6.06. The third kappa shape index (κ3) is 3.80. The molecule has 1 aromatic rings. The number of sulfonamides is 1. The number of carbonyl (C=O) groups excluding carboxylic acids is 2. The van der Waals surface area contributed by atoms with Gasteiger partial charge in [0.2, 0.25) is 21.8 Å². The molecule has 3 aliphatic heterocycles. The Morgan fingerprint density at radius 1 is 1.00 bits per heavy atom. The van der Waals surface area contributed by atoms with Crippen molar-refractivity contribution >= 4 is 27.5 Å². The molecule has 3 heterocycles. The fourth-order valence-electron chi connectivity index (χ4n) is 4.40. The van der Waals surface area contributed by atoms with Crippen molar-refractivity contribution in [2.75, 3.05) is 31.5 Å². The van der Waals surface area contributed by atoms with Gasteiger partial charge in [-0.25, -0.2) is 8.42 Å². The Balaban J connectivity index is 1.45. The Morgan fingerprint density at radius 3 is 2.43 bits per heavy atom. The van der Waals surface area contributed by atoms with E-state index in [9.17, 15) is 18.0 Å². The number of benzene rings is 1. The summed E-state index contributed by atoms with van der Waals surface area (Å²) >= 11 is 0. The molecule has 28 heavy (non-hydrogen) atoms. The van der Waals surface area contributed by atoms with Crippen molar-refractivity contribution in [3.8, 4) is 0 Å². The number of carbonyl (C=O) groups is 2. The van der Waals surface area contributed by atoms with Gasteiger partial charge in [-0.3, -0.25) is 9.59 Å². The highest BCUT2D eigenvalue weighted by molar-refractivity contribution is 7.89. The van der Waals surface area contributed by atoms with E-state index in [-0.39, 0.29) is 22.6 Å². The van der Waals surface area contributed by atoms with Gasteiger partial charge in [0.05, 0.1) is 4.90 Å². The number of fused-ring (bicyclic) bond motifs is 1. The van der Waals surface area contributed by atoms with Crippen LogP contribution in [-0.4, -0.2) is 55.6 Å². The summed E-state index contributed by atoms with van der Waals surface area (Å²) in [6, 6.07) is 4.95. The van der Waals surface area contributed by atoms with Crippen LogP contribution >= 0.6 is 0 Å². The predicted molar refractivity (Wildman–Crippen MR) is 105 cm³/mol. The van der Waals surface area contributed by atoms with Gasteiger partial charge >= 0.3 is 0 Å². The van der Waals surface area contributed by atoms with Crippen LogP contribution in [0.3, 0.4) is 0 Å². The lowest BCUT2D eigenvalue weighted by atomic mass is 9.97. The largest absolute Gasteiger partial charge is 0.342 e. The molecule has 0 aromatic heterocycles. The lowest BCUT2D eigenvalue weighted by Gasteiger charge is -2.32. The quantitative estimate of drug-likeness (QED) is 0.833. The van der Waals surface area contributed by atoms with Crippen molar-refractivity contribution < 1.29 is 18.0 Å². The fourth-order valence-corrected chi connectivity index (χ4v) is 5.92. The maximum absolute atomic E-state index is 13.1. The van der Waals surface area contributed by atoms with Crippen molar-refractivity contribution in [3.05, 3.63) is 23.8 Å². The summed E-state index contributed by atoms with van der Waals surface area (Å²) in [4.78, 5) is 26.5. The van der Waals surface area contributed by atoms with E-state index in [0.29, 0.717) is 50.9 Å². The van der Waals surface area contributed by atoms with Crippen molar-refractivity contribution in [2.45, 2.75) is 49.8 Å². The number of hydrogen-bond donors (Lipinski definition) is 1. The first-order chi connectivity index (χ1) is 13.4. The summed E-state index contributed by atoms with van der Waals surface area (Å²) in [5, 5.41) is 2.84. The molecule has 0 radical (unpaired) electrons. The minimum absolute atomic E-state index is 0.0286. The zero-order valence-corrected chi connectivity index (χ0v) is 16.8. The molecule has 152 valence electrons. The van der Waals surface area contributed by atoms with Gasteiger partial charge in [-0.05, 0) is 62.3 Å². The molecule has 4 rings (SSSR count). The lowest BCUT2D eigenvalue weighted by Crippen LogP contribution is -2.43. The van der Waals surface area contributed by atoms with Gasteiger partial charge in [0.15, 0.2) is 0 Å². The van der Waals surface area contributed by atoms with E-state index in [1.165, 1.54) is 4.31 Å². The zero-order chi connectivity index (χ0) is 19.7. The monoisotopic (exact) mass is 405 g/mol. The third-order valence-corrected chi connectivity index (χ3v) is 7.95. The van der Waals surface area contributed by atoms with Crippen LogP contribution in [0.5, 0.6) is 0 Å². The van der Waals surface area contributed by atoms with Gasteiger partial charge in [-0.1, -0.05) is 0 Å². The Labute approximate surface area is 166 Å². The second-order valence-corrected chi connectivity index (χ2v) is 9.87. The molecular formula is C20H27N3O4S. The summed E-state index contributed by atoms with van der Waals surface area (Å²) < 4.78 is 27.7. The minimum atomic E-state index is -3.59. The molecule has 7 nitrogen and oxygen atoms in total. The normalized spacial score (nSPS) is 21.9. The van der Waals surface area contributed by atoms with Gasteiger partial charge in [-0.15, -0.1) is 0 Å². The molecule has 0 unspecified atom stereocenters. The van der Waals surface area contributed by atoms with Gasteiger partial charge in [0.1, 0.15) is 0 Å². The topological polar surface area (TPSA) is 86.8 Å². The number of hydrogen-bond acceptors (Lipinski definition) is 4.